The van der Waals surface area contributed by atoms with Gasteiger partial charge in [-0.1, -0.05) is 35.2 Å². The SMILES string of the molecule is C[C@@H](Sc1nnc2sc3ccccc3n12)C(=O)Nc1nc(-c2ccc(F)c(F)c2)cs1. The summed E-state index contributed by atoms with van der Waals surface area (Å²) in [7, 11) is 0. The molecule has 6 nitrogen and oxygen atoms in total. The first-order valence-electron chi connectivity index (χ1n) is 9.11. The first kappa shape index (κ1) is 20.0. The molecule has 3 aromatic heterocycles. The normalized spacial score (nSPS) is 12.5. The monoisotopic (exact) mass is 473 g/mol. The maximum absolute atomic E-state index is 13.5. The van der Waals surface area contributed by atoms with Crippen LogP contribution >= 0.6 is 34.4 Å². The molecule has 1 atom stereocenters. The van der Waals surface area contributed by atoms with E-state index in [0.717, 1.165) is 27.3 Å². The molecular weight excluding hydrogens is 460 g/mol. The molecule has 0 saturated heterocycles. The van der Waals surface area contributed by atoms with Gasteiger partial charge in [0.1, 0.15) is 0 Å². The summed E-state index contributed by atoms with van der Waals surface area (Å²) in [5, 5.41) is 13.4. The van der Waals surface area contributed by atoms with Crippen LogP contribution in [0.25, 0.3) is 26.4 Å². The number of para-hydroxylation sites is 1. The van der Waals surface area contributed by atoms with Gasteiger partial charge in [0.2, 0.25) is 10.9 Å². The zero-order valence-electron chi connectivity index (χ0n) is 15.9. The lowest BCUT2D eigenvalue weighted by Crippen LogP contribution is -2.22. The first-order chi connectivity index (χ1) is 15.0. The summed E-state index contributed by atoms with van der Waals surface area (Å²) >= 11 is 4.06. The van der Waals surface area contributed by atoms with Crippen LogP contribution < -0.4 is 5.32 Å². The lowest BCUT2D eigenvalue weighted by atomic mass is 10.2. The Bertz CT molecular complexity index is 1430. The predicted octanol–water partition coefficient (Wildman–Crippen LogP) is 5.47. The van der Waals surface area contributed by atoms with E-state index in [1.54, 1.807) is 23.6 Å². The number of amides is 1. The molecular formula is C20H13F2N5OS3. The fraction of sp³-hybridized carbons (Fsp3) is 0.100. The number of anilines is 1. The van der Waals surface area contributed by atoms with Crippen molar-refractivity contribution in [3.8, 4) is 11.3 Å². The summed E-state index contributed by atoms with van der Waals surface area (Å²) in [6, 6.07) is 11.5. The highest BCUT2D eigenvalue weighted by molar-refractivity contribution is 8.00. The lowest BCUT2D eigenvalue weighted by molar-refractivity contribution is -0.115. The van der Waals surface area contributed by atoms with E-state index < -0.39 is 16.9 Å². The Labute approximate surface area is 187 Å². The Balaban J connectivity index is 1.32. The van der Waals surface area contributed by atoms with E-state index in [4.69, 9.17) is 0 Å². The van der Waals surface area contributed by atoms with Crippen LogP contribution in [-0.2, 0) is 4.79 Å². The van der Waals surface area contributed by atoms with Gasteiger partial charge in [0.25, 0.3) is 0 Å². The van der Waals surface area contributed by atoms with Crippen molar-refractivity contribution in [2.75, 3.05) is 5.32 Å². The topological polar surface area (TPSA) is 72.2 Å². The maximum Gasteiger partial charge on any atom is 0.239 e. The Morgan fingerprint density at radius 2 is 2.00 bits per heavy atom. The number of carbonyl (C=O) groups excluding carboxylic acids is 1. The highest BCUT2D eigenvalue weighted by Gasteiger charge is 2.21. The zero-order valence-corrected chi connectivity index (χ0v) is 18.3. The van der Waals surface area contributed by atoms with Crippen molar-refractivity contribution >= 4 is 60.7 Å². The summed E-state index contributed by atoms with van der Waals surface area (Å²) in [5.41, 5.74) is 1.90. The van der Waals surface area contributed by atoms with Crippen LogP contribution in [0.15, 0.2) is 53.0 Å². The molecule has 0 spiro atoms. The van der Waals surface area contributed by atoms with Gasteiger partial charge in [-0.25, -0.2) is 13.8 Å². The van der Waals surface area contributed by atoms with Gasteiger partial charge in [0.15, 0.2) is 21.9 Å². The molecule has 0 bridgehead atoms. The van der Waals surface area contributed by atoms with E-state index in [9.17, 15) is 13.6 Å². The summed E-state index contributed by atoms with van der Waals surface area (Å²) in [6.45, 7) is 1.78. The Hall–Kier alpha value is -2.89. The lowest BCUT2D eigenvalue weighted by Gasteiger charge is -2.09. The standard InChI is InChI=1S/C20H13F2N5OS3/c1-10(30-19-25-26-20-27(19)15-4-2-3-5-16(15)31-20)17(28)24-18-23-14(9-29-18)11-6-7-12(21)13(22)8-11/h2-10H,1H3,(H,23,24,28)/t10-/m1/s1. The minimum absolute atomic E-state index is 0.243. The van der Waals surface area contributed by atoms with Crippen LogP contribution in [0.5, 0.6) is 0 Å². The van der Waals surface area contributed by atoms with Crippen molar-refractivity contribution in [2.24, 2.45) is 0 Å². The molecule has 0 aliphatic heterocycles. The Kier molecular flexibility index (Phi) is 5.16. The van der Waals surface area contributed by atoms with Gasteiger partial charge in [-0.2, -0.15) is 0 Å². The van der Waals surface area contributed by atoms with Crippen LogP contribution in [0, 0.1) is 11.6 Å². The summed E-state index contributed by atoms with van der Waals surface area (Å²) < 4.78 is 29.6. The predicted molar refractivity (Wildman–Crippen MR) is 120 cm³/mol. The number of halogens is 2. The molecule has 0 unspecified atom stereocenters. The number of carbonyl (C=O) groups is 1. The van der Waals surface area contributed by atoms with Gasteiger partial charge in [-0.15, -0.1) is 21.5 Å². The minimum atomic E-state index is -0.943. The van der Waals surface area contributed by atoms with Crippen LogP contribution in [0.1, 0.15) is 6.92 Å². The number of nitrogens with zero attached hydrogens (tertiary/aromatic N) is 4. The van der Waals surface area contributed by atoms with Crippen LogP contribution in [0.4, 0.5) is 13.9 Å². The second-order valence-corrected chi connectivity index (χ2v) is 9.76. The van der Waals surface area contributed by atoms with Crippen LogP contribution in [0.3, 0.4) is 0 Å². The largest absolute Gasteiger partial charge is 0.301 e. The van der Waals surface area contributed by atoms with Gasteiger partial charge < -0.3 is 5.32 Å². The third kappa shape index (κ3) is 3.80. The molecule has 1 amide bonds. The fourth-order valence-electron chi connectivity index (χ4n) is 2.97. The molecule has 0 aliphatic rings. The average molecular weight is 474 g/mol. The molecule has 0 fully saturated rings. The minimum Gasteiger partial charge on any atom is -0.301 e. The summed E-state index contributed by atoms with van der Waals surface area (Å²) in [5.74, 6) is -2.10. The number of thiazole rings is 2. The van der Waals surface area contributed by atoms with Crippen LogP contribution in [0.2, 0.25) is 0 Å². The molecule has 1 N–H and O–H groups in total. The van der Waals surface area contributed by atoms with Gasteiger partial charge in [-0.3, -0.25) is 9.20 Å². The van der Waals surface area contributed by atoms with Crippen molar-refractivity contribution in [3.05, 3.63) is 59.5 Å². The number of thioether (sulfide) groups is 1. The quantitative estimate of drug-likeness (QED) is 0.343. The number of benzene rings is 2. The Morgan fingerprint density at radius 3 is 2.84 bits per heavy atom. The van der Waals surface area contributed by atoms with E-state index in [-0.39, 0.29) is 5.91 Å². The van der Waals surface area contributed by atoms with Crippen molar-refractivity contribution in [3.63, 3.8) is 0 Å². The van der Waals surface area contributed by atoms with Gasteiger partial charge in [0, 0.05) is 10.9 Å². The van der Waals surface area contributed by atoms with E-state index in [1.165, 1.54) is 29.2 Å². The van der Waals surface area contributed by atoms with Gasteiger partial charge in [0.05, 0.1) is 21.2 Å². The van der Waals surface area contributed by atoms with Crippen molar-refractivity contribution in [1.82, 2.24) is 19.6 Å². The number of hydrogen-bond acceptors (Lipinski definition) is 7. The molecule has 5 rings (SSSR count). The highest BCUT2D eigenvalue weighted by atomic mass is 32.2. The van der Waals surface area contributed by atoms with Crippen LogP contribution in [-0.4, -0.2) is 30.7 Å². The van der Waals surface area contributed by atoms with E-state index in [1.807, 2.05) is 28.7 Å². The first-order valence-corrected chi connectivity index (χ1v) is 11.7. The van der Waals surface area contributed by atoms with Crippen molar-refractivity contribution in [1.29, 1.82) is 0 Å². The fourth-order valence-corrected chi connectivity index (χ4v) is 5.58. The molecule has 2 aromatic carbocycles. The van der Waals surface area contributed by atoms with E-state index >= 15 is 0 Å². The number of fused-ring (bicyclic) bond motifs is 3. The third-order valence-electron chi connectivity index (χ3n) is 4.51. The average Bonchev–Trinajstić information content (AvgIpc) is 3.46. The number of nitrogens with one attached hydrogen (secondary N) is 1. The molecule has 31 heavy (non-hydrogen) atoms. The molecule has 11 heteroatoms. The Morgan fingerprint density at radius 1 is 1.16 bits per heavy atom. The highest BCUT2D eigenvalue weighted by Crippen LogP contribution is 2.32. The second-order valence-electron chi connectivity index (χ2n) is 6.59. The maximum atomic E-state index is 13.5. The molecule has 0 aliphatic carbocycles. The molecule has 5 aromatic rings. The van der Waals surface area contributed by atoms with Crippen molar-refractivity contribution < 1.29 is 13.6 Å². The van der Waals surface area contributed by atoms with Gasteiger partial charge >= 0.3 is 0 Å². The number of aromatic nitrogens is 4. The number of rotatable bonds is 5. The van der Waals surface area contributed by atoms with E-state index in [2.05, 4.69) is 20.5 Å². The van der Waals surface area contributed by atoms with E-state index in [0.29, 0.717) is 21.5 Å². The smallest absolute Gasteiger partial charge is 0.239 e. The third-order valence-corrected chi connectivity index (χ3v) is 7.32. The number of hydrogen-bond donors (Lipinski definition) is 1. The molecule has 3 heterocycles. The second kappa shape index (κ2) is 7.98. The zero-order chi connectivity index (χ0) is 21.5. The summed E-state index contributed by atoms with van der Waals surface area (Å²) in [6.07, 6.45) is 0. The van der Waals surface area contributed by atoms with Gasteiger partial charge in [-0.05, 0) is 37.3 Å². The molecule has 0 radical (unpaired) electrons. The summed E-state index contributed by atoms with van der Waals surface area (Å²) in [4.78, 5) is 17.8. The molecule has 156 valence electrons. The molecule has 0 saturated carbocycles. The van der Waals surface area contributed by atoms with Crippen molar-refractivity contribution in [2.45, 2.75) is 17.3 Å².